The lowest BCUT2D eigenvalue weighted by Crippen LogP contribution is -2.31. The van der Waals surface area contributed by atoms with Gasteiger partial charge < -0.3 is 15.0 Å². The Labute approximate surface area is 158 Å². The van der Waals surface area contributed by atoms with Gasteiger partial charge in [-0.25, -0.2) is 4.79 Å². The molecule has 1 fully saturated rings. The molecule has 1 aliphatic rings. The first-order valence-electron chi connectivity index (χ1n) is 8.93. The van der Waals surface area contributed by atoms with Gasteiger partial charge in [0.1, 0.15) is 0 Å². The van der Waals surface area contributed by atoms with Gasteiger partial charge in [-0.3, -0.25) is 9.59 Å². The molecular formula is C21H22N2O4. The summed E-state index contributed by atoms with van der Waals surface area (Å²) in [6.45, 7) is 4.02. The normalized spacial score (nSPS) is 14.7. The first-order valence-corrected chi connectivity index (χ1v) is 8.93. The third-order valence-corrected chi connectivity index (χ3v) is 4.43. The zero-order valence-electron chi connectivity index (χ0n) is 15.4. The molecule has 140 valence electrons. The molecule has 0 unspecified atom stereocenters. The topological polar surface area (TPSA) is 75.7 Å². The number of para-hydroxylation sites is 1. The zero-order chi connectivity index (χ0) is 19.4. The fourth-order valence-electron chi connectivity index (χ4n) is 3.03. The second-order valence-electron chi connectivity index (χ2n) is 6.57. The molecule has 1 aliphatic heterocycles. The van der Waals surface area contributed by atoms with Crippen molar-refractivity contribution in [3.63, 3.8) is 0 Å². The minimum atomic E-state index is -0.972. The lowest BCUT2D eigenvalue weighted by molar-refractivity contribution is -0.123. The molecule has 0 bridgehead atoms. The first kappa shape index (κ1) is 18.6. The number of nitrogens with zero attached hydrogens (tertiary/aromatic N) is 1. The Hall–Kier alpha value is -3.15. The number of rotatable bonds is 5. The highest BCUT2D eigenvalue weighted by atomic mass is 16.5. The van der Waals surface area contributed by atoms with Gasteiger partial charge in [-0.15, -0.1) is 0 Å². The van der Waals surface area contributed by atoms with E-state index in [9.17, 15) is 14.4 Å². The highest BCUT2D eigenvalue weighted by molar-refractivity contribution is 6.04. The van der Waals surface area contributed by atoms with E-state index in [1.807, 2.05) is 25.1 Å². The van der Waals surface area contributed by atoms with Gasteiger partial charge >= 0.3 is 5.97 Å². The molecule has 1 N–H and O–H groups in total. The average molecular weight is 366 g/mol. The number of carbonyl (C=O) groups is 3. The Balaban J connectivity index is 1.70. The molecule has 1 saturated heterocycles. The van der Waals surface area contributed by atoms with Gasteiger partial charge in [0, 0.05) is 18.7 Å². The fourth-order valence-corrected chi connectivity index (χ4v) is 3.03. The van der Waals surface area contributed by atoms with Gasteiger partial charge in [-0.1, -0.05) is 24.3 Å². The van der Waals surface area contributed by atoms with E-state index < -0.39 is 18.0 Å². The van der Waals surface area contributed by atoms with E-state index in [1.54, 1.807) is 35.2 Å². The van der Waals surface area contributed by atoms with Crippen molar-refractivity contribution in [1.29, 1.82) is 0 Å². The SMILES string of the molecule is Cc1cccc(NC(=O)[C@@H](C)OC(=O)c2ccccc2N2CCCC2=O)c1. The summed E-state index contributed by atoms with van der Waals surface area (Å²) >= 11 is 0. The molecule has 0 aromatic heterocycles. The monoisotopic (exact) mass is 366 g/mol. The molecule has 0 aliphatic carbocycles. The van der Waals surface area contributed by atoms with Gasteiger partial charge in [0.2, 0.25) is 5.91 Å². The third-order valence-electron chi connectivity index (χ3n) is 4.43. The van der Waals surface area contributed by atoms with Crippen molar-refractivity contribution in [3.05, 3.63) is 59.7 Å². The maximum Gasteiger partial charge on any atom is 0.341 e. The molecule has 1 atom stereocenters. The van der Waals surface area contributed by atoms with E-state index in [1.165, 1.54) is 6.92 Å². The zero-order valence-corrected chi connectivity index (χ0v) is 15.4. The quantitative estimate of drug-likeness (QED) is 0.824. The minimum absolute atomic E-state index is 0.0134. The van der Waals surface area contributed by atoms with E-state index in [0.717, 1.165) is 12.0 Å². The molecule has 0 saturated carbocycles. The van der Waals surface area contributed by atoms with Crippen molar-refractivity contribution < 1.29 is 19.1 Å². The van der Waals surface area contributed by atoms with Crippen LogP contribution in [-0.4, -0.2) is 30.4 Å². The Morgan fingerprint density at radius 3 is 2.63 bits per heavy atom. The number of aryl methyl sites for hydroxylation is 1. The summed E-state index contributed by atoms with van der Waals surface area (Å²) in [4.78, 5) is 38.6. The van der Waals surface area contributed by atoms with Crippen LogP contribution in [0.4, 0.5) is 11.4 Å². The standard InChI is InChI=1S/C21H22N2O4/c1-14-7-5-8-16(13-14)22-20(25)15(2)27-21(26)17-9-3-4-10-18(17)23-12-6-11-19(23)24/h3-5,7-10,13,15H,6,11-12H2,1-2H3,(H,22,25)/t15-/m1/s1. The summed E-state index contributed by atoms with van der Waals surface area (Å²) in [6, 6.07) is 14.2. The van der Waals surface area contributed by atoms with Crippen LogP contribution in [0.2, 0.25) is 0 Å². The number of amides is 2. The summed E-state index contributed by atoms with van der Waals surface area (Å²) in [5, 5.41) is 2.74. The van der Waals surface area contributed by atoms with E-state index in [-0.39, 0.29) is 11.5 Å². The molecule has 2 amide bonds. The van der Waals surface area contributed by atoms with Crippen LogP contribution in [0, 0.1) is 6.92 Å². The van der Waals surface area contributed by atoms with Crippen molar-refractivity contribution in [2.24, 2.45) is 0 Å². The lowest BCUT2D eigenvalue weighted by atomic mass is 10.1. The van der Waals surface area contributed by atoms with Crippen LogP contribution < -0.4 is 10.2 Å². The molecule has 0 spiro atoms. The maximum atomic E-state index is 12.6. The number of esters is 1. The van der Waals surface area contributed by atoms with Gasteiger partial charge in [0.05, 0.1) is 11.3 Å². The molecule has 6 heteroatoms. The van der Waals surface area contributed by atoms with E-state index >= 15 is 0 Å². The smallest absolute Gasteiger partial charge is 0.341 e. The predicted octanol–water partition coefficient (Wildman–Crippen LogP) is 3.31. The summed E-state index contributed by atoms with van der Waals surface area (Å²) in [5.74, 6) is -1.05. The Kier molecular flexibility index (Phi) is 5.54. The molecule has 1 heterocycles. The number of benzene rings is 2. The van der Waals surface area contributed by atoms with Crippen LogP contribution in [0.25, 0.3) is 0 Å². The third kappa shape index (κ3) is 4.34. The van der Waals surface area contributed by atoms with Crippen molar-refractivity contribution in [1.82, 2.24) is 0 Å². The second-order valence-corrected chi connectivity index (χ2v) is 6.57. The van der Waals surface area contributed by atoms with Gasteiger partial charge in [0.15, 0.2) is 6.10 Å². The van der Waals surface area contributed by atoms with E-state index in [4.69, 9.17) is 4.74 Å². The Morgan fingerprint density at radius 1 is 1.15 bits per heavy atom. The number of anilines is 2. The molecule has 2 aromatic rings. The van der Waals surface area contributed by atoms with E-state index in [0.29, 0.717) is 24.3 Å². The van der Waals surface area contributed by atoms with Gasteiger partial charge in [-0.05, 0) is 50.1 Å². The van der Waals surface area contributed by atoms with Crippen LogP contribution in [0.15, 0.2) is 48.5 Å². The van der Waals surface area contributed by atoms with Gasteiger partial charge in [-0.2, -0.15) is 0 Å². The van der Waals surface area contributed by atoms with Crippen molar-refractivity contribution in [2.45, 2.75) is 32.8 Å². The average Bonchev–Trinajstić information content (AvgIpc) is 3.07. The van der Waals surface area contributed by atoms with E-state index in [2.05, 4.69) is 5.32 Å². The summed E-state index contributed by atoms with van der Waals surface area (Å²) < 4.78 is 5.35. The van der Waals surface area contributed by atoms with Crippen molar-refractivity contribution in [2.75, 3.05) is 16.8 Å². The molecule has 6 nitrogen and oxygen atoms in total. The first-order chi connectivity index (χ1) is 13.0. The summed E-state index contributed by atoms with van der Waals surface area (Å²) in [7, 11) is 0. The number of nitrogens with one attached hydrogen (secondary N) is 1. The second kappa shape index (κ2) is 8.03. The fraction of sp³-hybridized carbons (Fsp3) is 0.286. The van der Waals surface area contributed by atoms with Crippen molar-refractivity contribution in [3.8, 4) is 0 Å². The Bertz CT molecular complexity index is 878. The van der Waals surface area contributed by atoms with Gasteiger partial charge in [0.25, 0.3) is 5.91 Å². The lowest BCUT2D eigenvalue weighted by Gasteiger charge is -2.20. The van der Waals surface area contributed by atoms with Crippen LogP contribution >= 0.6 is 0 Å². The molecular weight excluding hydrogens is 344 g/mol. The predicted molar refractivity (Wildman–Crippen MR) is 103 cm³/mol. The number of hydrogen-bond donors (Lipinski definition) is 1. The molecule has 3 rings (SSSR count). The van der Waals surface area contributed by atoms with Crippen molar-refractivity contribution >= 4 is 29.2 Å². The van der Waals surface area contributed by atoms with Crippen LogP contribution in [0.5, 0.6) is 0 Å². The van der Waals surface area contributed by atoms with Crippen LogP contribution in [-0.2, 0) is 14.3 Å². The highest BCUT2D eigenvalue weighted by Gasteiger charge is 2.27. The molecule has 27 heavy (non-hydrogen) atoms. The largest absolute Gasteiger partial charge is 0.449 e. The maximum absolute atomic E-state index is 12.6. The molecule has 0 radical (unpaired) electrons. The summed E-state index contributed by atoms with van der Waals surface area (Å²) in [5.41, 5.74) is 2.46. The summed E-state index contributed by atoms with van der Waals surface area (Å²) in [6.07, 6.45) is 0.260. The minimum Gasteiger partial charge on any atom is -0.449 e. The molecule has 2 aromatic carbocycles. The highest BCUT2D eigenvalue weighted by Crippen LogP contribution is 2.26. The Morgan fingerprint density at radius 2 is 1.93 bits per heavy atom. The van der Waals surface area contributed by atoms with Crippen LogP contribution in [0.1, 0.15) is 35.7 Å². The van der Waals surface area contributed by atoms with Crippen LogP contribution in [0.3, 0.4) is 0 Å². The number of carbonyl (C=O) groups excluding carboxylic acids is 3. The number of ether oxygens (including phenoxy) is 1. The number of hydrogen-bond acceptors (Lipinski definition) is 4.